The van der Waals surface area contributed by atoms with E-state index in [0.29, 0.717) is 32.0 Å². The van der Waals surface area contributed by atoms with Crippen LogP contribution in [0.5, 0.6) is 0 Å². The highest BCUT2D eigenvalue weighted by atomic mass is 32.2. The smallest absolute Gasteiger partial charge is 0.335 e. The van der Waals surface area contributed by atoms with Crippen molar-refractivity contribution in [3.63, 3.8) is 0 Å². The molecule has 0 radical (unpaired) electrons. The van der Waals surface area contributed by atoms with Crippen LogP contribution in [-0.2, 0) is 14.8 Å². The largest absolute Gasteiger partial charge is 0.478 e. The predicted molar refractivity (Wildman–Crippen MR) is 90.7 cm³/mol. The molecule has 0 atom stereocenters. The molecular weight excluding hydrogens is 344 g/mol. The Balaban J connectivity index is 1.64. The third kappa shape index (κ3) is 3.69. The minimum Gasteiger partial charge on any atom is -0.478 e. The van der Waals surface area contributed by atoms with E-state index in [0.717, 1.165) is 12.8 Å². The molecule has 1 aliphatic carbocycles. The highest BCUT2D eigenvalue weighted by Gasteiger charge is 2.36. The van der Waals surface area contributed by atoms with Gasteiger partial charge in [0, 0.05) is 32.1 Å². The van der Waals surface area contributed by atoms with Gasteiger partial charge in [-0.1, -0.05) is 0 Å². The Labute approximate surface area is 147 Å². The Morgan fingerprint density at radius 2 is 1.64 bits per heavy atom. The third-order valence-electron chi connectivity index (χ3n) is 4.98. The summed E-state index contributed by atoms with van der Waals surface area (Å²) in [7, 11) is -1.84. The minimum absolute atomic E-state index is 0.0476. The number of hydrogen-bond acceptors (Lipinski definition) is 4. The molecule has 2 aliphatic rings. The summed E-state index contributed by atoms with van der Waals surface area (Å²) >= 11 is 0. The second-order valence-electron chi connectivity index (χ2n) is 6.69. The lowest BCUT2D eigenvalue weighted by Gasteiger charge is -2.32. The van der Waals surface area contributed by atoms with Crippen LogP contribution in [-0.4, -0.2) is 60.8 Å². The first-order chi connectivity index (χ1) is 11.8. The first-order valence-corrected chi connectivity index (χ1v) is 9.85. The maximum atomic E-state index is 12.7. The van der Waals surface area contributed by atoms with Crippen molar-refractivity contribution in [2.24, 2.45) is 5.92 Å². The average Bonchev–Trinajstić information content (AvgIpc) is 3.45. The molecule has 1 saturated carbocycles. The molecule has 1 aromatic rings. The minimum atomic E-state index is -3.66. The van der Waals surface area contributed by atoms with Gasteiger partial charge in [0.1, 0.15) is 0 Å². The molecule has 1 heterocycles. The van der Waals surface area contributed by atoms with Crippen molar-refractivity contribution in [1.29, 1.82) is 0 Å². The topological polar surface area (TPSA) is 95.0 Å². The average molecular weight is 366 g/mol. The van der Waals surface area contributed by atoms with Crippen molar-refractivity contribution in [3.05, 3.63) is 29.8 Å². The van der Waals surface area contributed by atoms with Gasteiger partial charge in [0.25, 0.3) is 0 Å². The first kappa shape index (κ1) is 17.9. The number of rotatable bonds is 5. The molecule has 1 aromatic carbocycles. The maximum absolute atomic E-state index is 12.7. The fraction of sp³-hybridized carbons (Fsp3) is 0.529. The third-order valence-corrected chi connectivity index (χ3v) is 6.90. The summed E-state index contributed by atoms with van der Waals surface area (Å²) < 4.78 is 26.7. The quantitative estimate of drug-likeness (QED) is 0.850. The molecule has 0 bridgehead atoms. The second-order valence-corrected chi connectivity index (χ2v) is 8.63. The van der Waals surface area contributed by atoms with Crippen LogP contribution in [0.2, 0.25) is 0 Å². The van der Waals surface area contributed by atoms with Gasteiger partial charge in [0.2, 0.25) is 15.9 Å². The summed E-state index contributed by atoms with van der Waals surface area (Å²) in [6.07, 6.45) is 3.15. The number of aromatic carboxylic acids is 1. The first-order valence-electron chi connectivity index (χ1n) is 8.41. The second kappa shape index (κ2) is 6.76. The lowest BCUT2D eigenvalue weighted by Crippen LogP contribution is -2.43. The molecular formula is C17H22N2O5S. The zero-order chi connectivity index (χ0) is 18.2. The highest BCUT2D eigenvalue weighted by molar-refractivity contribution is 7.89. The van der Waals surface area contributed by atoms with Gasteiger partial charge in [0.05, 0.1) is 10.5 Å². The molecule has 0 unspecified atom stereocenters. The summed E-state index contributed by atoms with van der Waals surface area (Å²) in [5.74, 6) is -1.10. The van der Waals surface area contributed by atoms with Crippen molar-refractivity contribution in [1.82, 2.24) is 9.21 Å². The molecule has 8 heteroatoms. The van der Waals surface area contributed by atoms with E-state index in [9.17, 15) is 18.0 Å². The normalized spacial score (nSPS) is 19.6. The molecule has 136 valence electrons. The van der Waals surface area contributed by atoms with Crippen LogP contribution < -0.4 is 0 Å². The Bertz CT molecular complexity index is 763. The summed E-state index contributed by atoms with van der Waals surface area (Å²) in [5, 5.41) is 8.90. The van der Waals surface area contributed by atoms with E-state index >= 15 is 0 Å². The van der Waals surface area contributed by atoms with E-state index in [1.165, 1.54) is 28.6 Å². The number of carboxylic acids is 1. The lowest BCUT2D eigenvalue weighted by atomic mass is 9.96. The van der Waals surface area contributed by atoms with E-state index in [-0.39, 0.29) is 22.3 Å². The number of carbonyl (C=O) groups excluding carboxylic acids is 1. The zero-order valence-electron chi connectivity index (χ0n) is 14.1. The van der Waals surface area contributed by atoms with Crippen LogP contribution in [0.25, 0.3) is 0 Å². The molecule has 25 heavy (non-hydrogen) atoms. The predicted octanol–water partition coefficient (Wildman–Crippen LogP) is 1.41. The number of benzene rings is 1. The van der Waals surface area contributed by atoms with Gasteiger partial charge in [-0.05, 0) is 49.9 Å². The lowest BCUT2D eigenvalue weighted by molar-refractivity contribution is -0.135. The summed E-state index contributed by atoms with van der Waals surface area (Å²) in [5.41, 5.74) is 0.0476. The summed E-state index contributed by atoms with van der Waals surface area (Å²) in [6.45, 7) is 0.607. The number of sulfonamides is 1. The number of nitrogens with zero attached hydrogens (tertiary/aromatic N) is 2. The van der Waals surface area contributed by atoms with Crippen molar-refractivity contribution < 1.29 is 23.1 Å². The Hall–Kier alpha value is -1.93. The van der Waals surface area contributed by atoms with Crippen LogP contribution in [0.1, 0.15) is 36.0 Å². The number of amides is 1. The number of hydrogen-bond donors (Lipinski definition) is 1. The van der Waals surface area contributed by atoms with Crippen molar-refractivity contribution >= 4 is 21.9 Å². The Morgan fingerprint density at radius 3 is 2.12 bits per heavy atom. The molecule has 3 rings (SSSR count). The fourth-order valence-corrected chi connectivity index (χ4v) is 4.66. The van der Waals surface area contributed by atoms with Crippen LogP contribution in [0.15, 0.2) is 29.2 Å². The molecule has 0 spiro atoms. The summed E-state index contributed by atoms with van der Waals surface area (Å²) in [4.78, 5) is 25.2. The van der Waals surface area contributed by atoms with Gasteiger partial charge < -0.3 is 10.0 Å². The van der Waals surface area contributed by atoms with E-state index in [4.69, 9.17) is 5.11 Å². The van der Waals surface area contributed by atoms with Gasteiger partial charge in [0.15, 0.2) is 0 Å². The Morgan fingerprint density at radius 1 is 1.08 bits per heavy atom. The van der Waals surface area contributed by atoms with Crippen LogP contribution in [0.4, 0.5) is 0 Å². The molecule has 2 fully saturated rings. The summed E-state index contributed by atoms with van der Waals surface area (Å²) in [6, 6.07) is 5.57. The van der Waals surface area contributed by atoms with E-state index in [1.54, 1.807) is 4.90 Å². The van der Waals surface area contributed by atoms with Crippen LogP contribution in [0, 0.1) is 5.92 Å². The van der Waals surface area contributed by atoms with Gasteiger partial charge >= 0.3 is 5.97 Å². The van der Waals surface area contributed by atoms with Crippen LogP contribution in [0.3, 0.4) is 0 Å². The molecule has 1 amide bonds. The van der Waals surface area contributed by atoms with Crippen LogP contribution >= 0.6 is 0 Å². The molecule has 1 N–H and O–H groups in total. The van der Waals surface area contributed by atoms with Crippen molar-refractivity contribution in [3.8, 4) is 0 Å². The Kier molecular flexibility index (Phi) is 4.83. The monoisotopic (exact) mass is 366 g/mol. The van der Waals surface area contributed by atoms with Gasteiger partial charge in [-0.15, -0.1) is 0 Å². The number of carboxylic acid groups (broad SMARTS) is 1. The number of carbonyl (C=O) groups is 2. The standard InChI is InChI=1S/C17H22N2O5S/c1-18(14-4-5-14)16(20)12-8-10-19(11-9-12)25(23,24)15-6-2-13(3-7-15)17(21)22/h2-3,6-7,12,14H,4-5,8-11H2,1H3,(H,21,22). The molecule has 0 aromatic heterocycles. The van der Waals surface area contributed by atoms with E-state index in [1.807, 2.05) is 7.05 Å². The molecule has 1 saturated heterocycles. The number of piperidine rings is 1. The van der Waals surface area contributed by atoms with Crippen molar-refractivity contribution in [2.45, 2.75) is 36.6 Å². The highest BCUT2D eigenvalue weighted by Crippen LogP contribution is 2.30. The maximum Gasteiger partial charge on any atom is 0.335 e. The molecule has 7 nitrogen and oxygen atoms in total. The van der Waals surface area contributed by atoms with E-state index in [2.05, 4.69) is 0 Å². The SMILES string of the molecule is CN(C(=O)C1CCN(S(=O)(=O)c2ccc(C(=O)O)cc2)CC1)C1CC1. The fourth-order valence-electron chi connectivity index (χ4n) is 3.19. The van der Waals surface area contributed by atoms with Gasteiger partial charge in [-0.25, -0.2) is 13.2 Å². The van der Waals surface area contributed by atoms with Crippen molar-refractivity contribution in [2.75, 3.05) is 20.1 Å². The van der Waals surface area contributed by atoms with Gasteiger partial charge in [-0.2, -0.15) is 4.31 Å². The van der Waals surface area contributed by atoms with E-state index < -0.39 is 16.0 Å². The van der Waals surface area contributed by atoms with Gasteiger partial charge in [-0.3, -0.25) is 4.79 Å². The molecule has 1 aliphatic heterocycles. The zero-order valence-corrected chi connectivity index (χ0v) is 14.9.